The standard InChI is InChI=1S/C20H21ClN2O6/c1-3-28-19(24)17(20(25)29-4-2)18(22-15-9-6-8-14(21)12-15)13-7-5-10-16(11-13)23(26)27/h5-12,17-18,22H,3-4H2,1-2H3. The number of nitrogens with one attached hydrogen (secondary N) is 1. The number of nitrogens with zero attached hydrogens (tertiary/aromatic N) is 1. The number of benzene rings is 2. The molecule has 0 aliphatic heterocycles. The summed E-state index contributed by atoms with van der Waals surface area (Å²) in [6, 6.07) is 11.4. The maximum absolute atomic E-state index is 12.6. The Kier molecular flexibility index (Phi) is 7.97. The van der Waals surface area contributed by atoms with Gasteiger partial charge in [0.1, 0.15) is 0 Å². The molecule has 0 saturated carbocycles. The molecule has 8 nitrogen and oxygen atoms in total. The number of halogens is 1. The molecule has 2 aromatic carbocycles. The van der Waals surface area contributed by atoms with Gasteiger partial charge in [0.15, 0.2) is 5.92 Å². The Balaban J connectivity index is 2.56. The predicted molar refractivity (Wildman–Crippen MR) is 108 cm³/mol. The van der Waals surface area contributed by atoms with E-state index in [1.807, 2.05) is 0 Å². The van der Waals surface area contributed by atoms with Gasteiger partial charge in [-0.05, 0) is 37.6 Å². The van der Waals surface area contributed by atoms with Gasteiger partial charge < -0.3 is 14.8 Å². The molecule has 0 aliphatic rings. The fourth-order valence-electron chi connectivity index (χ4n) is 2.78. The van der Waals surface area contributed by atoms with Crippen LogP contribution in [0, 0.1) is 16.0 Å². The van der Waals surface area contributed by atoms with E-state index in [9.17, 15) is 19.7 Å². The zero-order valence-corrected chi connectivity index (χ0v) is 16.7. The van der Waals surface area contributed by atoms with Crippen molar-refractivity contribution in [2.24, 2.45) is 5.92 Å². The molecule has 0 spiro atoms. The van der Waals surface area contributed by atoms with Crippen LogP contribution in [0.15, 0.2) is 48.5 Å². The van der Waals surface area contributed by atoms with Crippen molar-refractivity contribution in [3.8, 4) is 0 Å². The smallest absolute Gasteiger partial charge is 0.322 e. The number of hydrogen-bond acceptors (Lipinski definition) is 7. The van der Waals surface area contributed by atoms with E-state index in [4.69, 9.17) is 21.1 Å². The molecule has 1 N–H and O–H groups in total. The Bertz CT molecular complexity index is 871. The van der Waals surface area contributed by atoms with Gasteiger partial charge in [0.2, 0.25) is 0 Å². The highest BCUT2D eigenvalue weighted by Crippen LogP contribution is 2.32. The van der Waals surface area contributed by atoms with Gasteiger partial charge in [-0.3, -0.25) is 19.7 Å². The van der Waals surface area contributed by atoms with E-state index in [0.717, 1.165) is 0 Å². The summed E-state index contributed by atoms with van der Waals surface area (Å²) < 4.78 is 10.1. The molecule has 0 radical (unpaired) electrons. The van der Waals surface area contributed by atoms with Gasteiger partial charge in [-0.2, -0.15) is 0 Å². The highest BCUT2D eigenvalue weighted by Gasteiger charge is 2.39. The molecule has 0 bridgehead atoms. The second-order valence-electron chi connectivity index (χ2n) is 5.97. The number of anilines is 1. The lowest BCUT2D eigenvalue weighted by Gasteiger charge is -2.26. The SMILES string of the molecule is CCOC(=O)C(C(=O)OCC)C(Nc1cccc(Cl)c1)c1cccc([N+](=O)[O-])c1. The van der Waals surface area contributed by atoms with E-state index in [0.29, 0.717) is 16.3 Å². The zero-order valence-electron chi connectivity index (χ0n) is 16.0. The third-order valence-corrected chi connectivity index (χ3v) is 4.24. The third-order valence-electron chi connectivity index (χ3n) is 4.00. The van der Waals surface area contributed by atoms with Crippen LogP contribution in [0.3, 0.4) is 0 Å². The van der Waals surface area contributed by atoms with E-state index in [1.165, 1.54) is 18.2 Å². The molecule has 9 heteroatoms. The number of ether oxygens (including phenoxy) is 2. The summed E-state index contributed by atoms with van der Waals surface area (Å²) in [6.07, 6.45) is 0. The second kappa shape index (κ2) is 10.4. The normalized spacial score (nSPS) is 11.6. The summed E-state index contributed by atoms with van der Waals surface area (Å²) in [5.74, 6) is -2.97. The van der Waals surface area contributed by atoms with Crippen molar-refractivity contribution in [3.63, 3.8) is 0 Å². The van der Waals surface area contributed by atoms with Crippen molar-refractivity contribution in [2.75, 3.05) is 18.5 Å². The molecule has 2 rings (SSSR count). The van der Waals surface area contributed by atoms with E-state index >= 15 is 0 Å². The fraction of sp³-hybridized carbons (Fsp3) is 0.300. The largest absolute Gasteiger partial charge is 0.465 e. The Morgan fingerprint density at radius 3 is 2.24 bits per heavy atom. The van der Waals surface area contributed by atoms with Crippen molar-refractivity contribution in [1.82, 2.24) is 0 Å². The summed E-state index contributed by atoms with van der Waals surface area (Å²) >= 11 is 6.03. The van der Waals surface area contributed by atoms with Crippen LogP contribution in [-0.4, -0.2) is 30.1 Å². The quantitative estimate of drug-likeness (QED) is 0.281. The van der Waals surface area contributed by atoms with Gasteiger partial charge >= 0.3 is 11.9 Å². The van der Waals surface area contributed by atoms with Crippen molar-refractivity contribution in [1.29, 1.82) is 0 Å². The lowest BCUT2D eigenvalue weighted by atomic mass is 9.92. The summed E-state index contributed by atoms with van der Waals surface area (Å²) in [7, 11) is 0. The molecule has 1 unspecified atom stereocenters. The minimum atomic E-state index is -1.38. The van der Waals surface area contributed by atoms with Gasteiger partial charge in [-0.25, -0.2) is 0 Å². The average molecular weight is 421 g/mol. The number of esters is 2. The van der Waals surface area contributed by atoms with Crippen LogP contribution in [0.1, 0.15) is 25.5 Å². The summed E-state index contributed by atoms with van der Waals surface area (Å²) in [4.78, 5) is 35.9. The predicted octanol–water partition coefficient (Wildman–Crippen LogP) is 4.14. The monoisotopic (exact) mass is 420 g/mol. The average Bonchev–Trinajstić information content (AvgIpc) is 2.68. The summed E-state index contributed by atoms with van der Waals surface area (Å²) in [6.45, 7) is 3.36. The first-order valence-electron chi connectivity index (χ1n) is 8.97. The molecule has 0 aromatic heterocycles. The van der Waals surface area contributed by atoms with Crippen LogP contribution in [0.4, 0.5) is 11.4 Å². The number of hydrogen-bond donors (Lipinski definition) is 1. The molecular formula is C20H21ClN2O6. The van der Waals surface area contributed by atoms with Crippen molar-refractivity contribution in [2.45, 2.75) is 19.9 Å². The van der Waals surface area contributed by atoms with Gasteiger partial charge in [0, 0.05) is 22.8 Å². The minimum absolute atomic E-state index is 0.0631. The molecule has 1 atom stereocenters. The third kappa shape index (κ3) is 5.92. The highest BCUT2D eigenvalue weighted by atomic mass is 35.5. The number of carbonyl (C=O) groups is 2. The molecule has 154 valence electrons. The molecule has 0 heterocycles. The minimum Gasteiger partial charge on any atom is -0.465 e. The number of carbonyl (C=O) groups excluding carboxylic acids is 2. The lowest BCUT2D eigenvalue weighted by Crippen LogP contribution is -2.36. The molecular weight excluding hydrogens is 400 g/mol. The zero-order chi connectivity index (χ0) is 21.4. The number of nitro groups is 1. The van der Waals surface area contributed by atoms with E-state index in [2.05, 4.69) is 5.32 Å². The van der Waals surface area contributed by atoms with Crippen LogP contribution in [0.2, 0.25) is 5.02 Å². The Morgan fingerprint density at radius 2 is 1.69 bits per heavy atom. The Morgan fingerprint density at radius 1 is 1.07 bits per heavy atom. The first kappa shape index (κ1) is 22.2. The first-order valence-corrected chi connectivity index (χ1v) is 9.34. The maximum atomic E-state index is 12.6. The molecule has 0 amide bonds. The Hall–Kier alpha value is -3.13. The maximum Gasteiger partial charge on any atom is 0.322 e. The fourth-order valence-corrected chi connectivity index (χ4v) is 2.97. The van der Waals surface area contributed by atoms with Gasteiger partial charge in [-0.1, -0.05) is 29.8 Å². The van der Waals surface area contributed by atoms with Gasteiger partial charge in [0.25, 0.3) is 5.69 Å². The molecule has 0 aliphatic carbocycles. The van der Waals surface area contributed by atoms with Crippen LogP contribution in [0.5, 0.6) is 0 Å². The summed E-state index contributed by atoms with van der Waals surface area (Å²) in [5, 5.41) is 14.7. The first-order chi connectivity index (χ1) is 13.9. The van der Waals surface area contributed by atoms with Crippen molar-refractivity contribution in [3.05, 3.63) is 69.2 Å². The van der Waals surface area contributed by atoms with Crippen molar-refractivity contribution < 1.29 is 24.0 Å². The topological polar surface area (TPSA) is 108 Å². The van der Waals surface area contributed by atoms with Crippen LogP contribution in [-0.2, 0) is 19.1 Å². The highest BCUT2D eigenvalue weighted by molar-refractivity contribution is 6.30. The molecule has 0 fully saturated rings. The number of rotatable bonds is 9. The van der Waals surface area contributed by atoms with E-state index < -0.39 is 28.8 Å². The molecule has 2 aromatic rings. The number of nitro benzene ring substituents is 1. The van der Waals surface area contributed by atoms with E-state index in [-0.39, 0.29) is 18.9 Å². The summed E-state index contributed by atoms with van der Waals surface area (Å²) in [5.41, 5.74) is 0.699. The molecule has 0 saturated heterocycles. The van der Waals surface area contributed by atoms with Gasteiger partial charge in [-0.15, -0.1) is 0 Å². The van der Waals surface area contributed by atoms with E-state index in [1.54, 1.807) is 44.2 Å². The van der Waals surface area contributed by atoms with Crippen LogP contribution in [0.25, 0.3) is 0 Å². The Labute approximate surface area is 172 Å². The van der Waals surface area contributed by atoms with Crippen LogP contribution >= 0.6 is 11.6 Å². The molecule has 29 heavy (non-hydrogen) atoms. The van der Waals surface area contributed by atoms with Gasteiger partial charge in [0.05, 0.1) is 24.2 Å². The van der Waals surface area contributed by atoms with Crippen molar-refractivity contribution >= 4 is 34.9 Å². The lowest BCUT2D eigenvalue weighted by molar-refractivity contribution is -0.384. The second-order valence-corrected chi connectivity index (χ2v) is 6.40. The number of non-ortho nitro benzene ring substituents is 1. The van der Waals surface area contributed by atoms with Crippen LogP contribution < -0.4 is 5.32 Å².